The number of benzene rings is 3. The predicted octanol–water partition coefficient (Wildman–Crippen LogP) is 2.42. The van der Waals surface area contributed by atoms with Crippen LogP contribution >= 0.6 is 0 Å². The maximum Gasteiger partial charge on any atom is 0.341 e. The van der Waals surface area contributed by atoms with E-state index >= 15 is 0 Å². The molecule has 0 atom stereocenters. The minimum atomic E-state index is -4.35. The first-order valence-electron chi connectivity index (χ1n) is 9.24. The second kappa shape index (κ2) is 8.66. The molecule has 0 spiro atoms. The smallest absolute Gasteiger partial charge is 0.341 e. The van der Waals surface area contributed by atoms with Crippen LogP contribution in [0.15, 0.2) is 70.5 Å². The van der Waals surface area contributed by atoms with Crippen molar-refractivity contribution in [1.82, 2.24) is 4.72 Å². The highest BCUT2D eigenvalue weighted by atomic mass is 32.2. The van der Waals surface area contributed by atoms with E-state index in [0.29, 0.717) is 5.39 Å². The molecule has 0 aliphatic carbocycles. The zero-order valence-electron chi connectivity index (χ0n) is 17.2. The monoisotopic (exact) mass is 462 g/mol. The van der Waals surface area contributed by atoms with E-state index < -0.39 is 32.7 Å². The van der Waals surface area contributed by atoms with E-state index in [1.165, 1.54) is 18.2 Å². The number of fused-ring (bicyclic) bond motifs is 1. The molecule has 0 saturated heterocycles. The highest BCUT2D eigenvalue weighted by Crippen LogP contribution is 2.30. The van der Waals surface area contributed by atoms with Gasteiger partial charge in [0.2, 0.25) is 10.0 Å². The van der Waals surface area contributed by atoms with Crippen molar-refractivity contribution in [2.24, 2.45) is 0 Å². The van der Waals surface area contributed by atoms with Crippen LogP contribution in [0.3, 0.4) is 0 Å². The van der Waals surface area contributed by atoms with E-state index in [1.807, 2.05) is 25.1 Å². The number of aryl methyl sites for hydroxylation is 1. The Hall–Kier alpha value is -2.95. The third kappa shape index (κ3) is 5.04. The van der Waals surface area contributed by atoms with Crippen LogP contribution in [0.2, 0.25) is 0 Å². The van der Waals surface area contributed by atoms with Gasteiger partial charge in [-0.1, -0.05) is 42.0 Å². The van der Waals surface area contributed by atoms with Crippen LogP contribution in [0.4, 0.5) is 5.69 Å². The summed E-state index contributed by atoms with van der Waals surface area (Å²) in [5, 5.41) is 1.20. The Morgan fingerprint density at radius 2 is 1.52 bits per heavy atom. The zero-order valence-corrected chi connectivity index (χ0v) is 18.8. The van der Waals surface area contributed by atoms with E-state index in [-0.39, 0.29) is 9.79 Å². The molecule has 0 bridgehead atoms. The van der Waals surface area contributed by atoms with Crippen molar-refractivity contribution in [3.8, 4) is 0 Å². The number of nitrogens with one attached hydrogen (secondary N) is 1. The maximum atomic E-state index is 12.8. The van der Waals surface area contributed by atoms with Crippen molar-refractivity contribution in [2.45, 2.75) is 16.7 Å². The first kappa shape index (κ1) is 22.7. The number of rotatable bonds is 7. The molecule has 0 unspecified atom stereocenters. The Kier molecular flexibility index (Phi) is 6.35. The number of carbonyl (C=O) groups excluding carboxylic acids is 1. The van der Waals surface area contributed by atoms with Gasteiger partial charge in [-0.25, -0.2) is 13.2 Å². The molecule has 0 heterocycles. The molecule has 0 aliphatic rings. The third-order valence-electron chi connectivity index (χ3n) is 4.55. The second-order valence-corrected chi connectivity index (χ2v) is 10.4. The average Bonchev–Trinajstić information content (AvgIpc) is 2.71. The number of anilines is 1. The molecule has 8 nitrogen and oxygen atoms in total. The van der Waals surface area contributed by atoms with Gasteiger partial charge in [-0.2, -0.15) is 13.1 Å². The summed E-state index contributed by atoms with van der Waals surface area (Å²) in [6, 6.07) is 15.8. The van der Waals surface area contributed by atoms with Crippen molar-refractivity contribution in [3.05, 3.63) is 66.2 Å². The van der Waals surface area contributed by atoms with Crippen LogP contribution in [-0.4, -0.2) is 43.4 Å². The number of nitrogens with zero attached hydrogens (tertiary/aromatic N) is 1. The minimum absolute atomic E-state index is 0.0251. The number of carbonyl (C=O) groups is 1. The molecule has 0 amide bonds. The summed E-state index contributed by atoms with van der Waals surface area (Å²) in [7, 11) is -4.77. The summed E-state index contributed by atoms with van der Waals surface area (Å²) in [6.45, 7) is 0.948. The molecule has 0 aliphatic heterocycles. The van der Waals surface area contributed by atoms with Crippen molar-refractivity contribution < 1.29 is 25.8 Å². The molecule has 164 valence electrons. The first-order chi connectivity index (χ1) is 14.5. The topological polar surface area (TPSA) is 110 Å². The summed E-state index contributed by atoms with van der Waals surface area (Å²) in [5.41, 5.74) is 1.67. The van der Waals surface area contributed by atoms with E-state index in [0.717, 1.165) is 16.6 Å². The molecule has 3 aromatic carbocycles. The molecular weight excluding hydrogens is 440 g/mol. The van der Waals surface area contributed by atoms with E-state index in [2.05, 4.69) is 8.91 Å². The van der Waals surface area contributed by atoms with Crippen LogP contribution in [0.5, 0.6) is 0 Å². The predicted molar refractivity (Wildman–Crippen MR) is 118 cm³/mol. The van der Waals surface area contributed by atoms with Gasteiger partial charge in [-0.15, -0.1) is 0 Å². The van der Waals surface area contributed by atoms with Crippen LogP contribution in [0.25, 0.3) is 10.8 Å². The molecule has 0 aromatic heterocycles. The summed E-state index contributed by atoms with van der Waals surface area (Å²) >= 11 is 0. The number of hydrogen-bond acceptors (Lipinski definition) is 7. The van der Waals surface area contributed by atoms with Gasteiger partial charge in [0.05, 0.1) is 4.90 Å². The SMILES string of the molecule is Cc1ccc(S(=O)(=O)OC(=O)CNS(=O)(=O)c2cccc3c(N(C)C)cccc23)cc1. The molecule has 3 aromatic rings. The largest absolute Gasteiger partial charge is 0.377 e. The fourth-order valence-electron chi connectivity index (χ4n) is 3.03. The summed E-state index contributed by atoms with van der Waals surface area (Å²) in [4.78, 5) is 13.7. The zero-order chi connectivity index (χ0) is 22.8. The van der Waals surface area contributed by atoms with Gasteiger partial charge in [-0.05, 0) is 31.2 Å². The number of hydrogen-bond donors (Lipinski definition) is 1. The lowest BCUT2D eigenvalue weighted by Crippen LogP contribution is -2.32. The third-order valence-corrected chi connectivity index (χ3v) is 7.26. The molecule has 0 fully saturated rings. The standard InChI is InChI=1S/C21H22N2O6S2/c1-15-10-12-16(13-11-15)31(27,28)29-21(24)14-22-30(25,26)20-9-5-6-17-18(20)7-4-8-19(17)23(2)3/h4-13,22H,14H2,1-3H3. The van der Waals surface area contributed by atoms with E-state index in [1.54, 1.807) is 43.3 Å². The highest BCUT2D eigenvalue weighted by Gasteiger charge is 2.23. The molecule has 0 saturated carbocycles. The Balaban J connectivity index is 1.79. The Labute approximate surface area is 181 Å². The lowest BCUT2D eigenvalue weighted by atomic mass is 10.1. The Morgan fingerprint density at radius 3 is 2.16 bits per heavy atom. The summed E-state index contributed by atoms with van der Waals surface area (Å²) in [6.07, 6.45) is 0. The van der Waals surface area contributed by atoms with Gasteiger partial charge in [0.15, 0.2) is 0 Å². The molecule has 0 radical (unpaired) electrons. The molecule has 31 heavy (non-hydrogen) atoms. The van der Waals surface area contributed by atoms with Gasteiger partial charge >= 0.3 is 16.1 Å². The maximum absolute atomic E-state index is 12.8. The van der Waals surface area contributed by atoms with Crippen molar-refractivity contribution >= 4 is 42.6 Å². The van der Waals surface area contributed by atoms with Gasteiger partial charge in [-0.3, -0.25) is 0 Å². The lowest BCUT2D eigenvalue weighted by molar-refractivity contribution is -0.132. The highest BCUT2D eigenvalue weighted by molar-refractivity contribution is 7.89. The quantitative estimate of drug-likeness (QED) is 0.537. The van der Waals surface area contributed by atoms with Gasteiger partial charge < -0.3 is 9.08 Å². The molecule has 1 N–H and O–H groups in total. The molecule has 3 rings (SSSR count). The van der Waals surface area contributed by atoms with Gasteiger partial charge in [0, 0.05) is 30.6 Å². The fraction of sp³-hybridized carbons (Fsp3) is 0.190. The molecular formula is C21H22N2O6S2. The summed E-state index contributed by atoms with van der Waals surface area (Å²) in [5.74, 6) is -1.24. The van der Waals surface area contributed by atoms with Crippen LogP contribution in [-0.2, 0) is 29.1 Å². The average molecular weight is 463 g/mol. The van der Waals surface area contributed by atoms with Crippen LogP contribution in [0.1, 0.15) is 5.56 Å². The second-order valence-electron chi connectivity index (χ2n) is 7.07. The first-order valence-corrected chi connectivity index (χ1v) is 12.1. The van der Waals surface area contributed by atoms with Crippen molar-refractivity contribution in [3.63, 3.8) is 0 Å². The normalized spacial score (nSPS) is 12.0. The number of sulfonamides is 1. The minimum Gasteiger partial charge on any atom is -0.377 e. The van der Waals surface area contributed by atoms with Crippen LogP contribution < -0.4 is 9.62 Å². The Bertz CT molecular complexity index is 1330. The van der Waals surface area contributed by atoms with E-state index in [9.17, 15) is 21.6 Å². The van der Waals surface area contributed by atoms with Crippen molar-refractivity contribution in [2.75, 3.05) is 25.5 Å². The molecule has 10 heteroatoms. The Morgan fingerprint density at radius 1 is 0.903 bits per heavy atom. The van der Waals surface area contributed by atoms with E-state index in [4.69, 9.17) is 0 Å². The van der Waals surface area contributed by atoms with Gasteiger partial charge in [0.1, 0.15) is 11.4 Å². The fourth-order valence-corrected chi connectivity index (χ4v) is 5.08. The summed E-state index contributed by atoms with van der Waals surface area (Å²) < 4.78 is 56.7. The lowest BCUT2D eigenvalue weighted by Gasteiger charge is -2.17. The van der Waals surface area contributed by atoms with Crippen LogP contribution in [0, 0.1) is 6.92 Å². The van der Waals surface area contributed by atoms with Gasteiger partial charge in [0.25, 0.3) is 0 Å². The van der Waals surface area contributed by atoms with Crippen molar-refractivity contribution in [1.29, 1.82) is 0 Å².